The molecule has 1 N–H and O–H groups in total. The van der Waals surface area contributed by atoms with Crippen LogP contribution in [0.1, 0.15) is 15.9 Å². The minimum Gasteiger partial charge on any atom is -0.478 e. The number of ether oxygens (including phenoxy) is 1. The molecule has 0 atom stereocenters. The molecule has 1 aliphatic rings. The molecule has 6 nitrogen and oxygen atoms in total. The molecule has 2 rings (SSSR count). The van der Waals surface area contributed by atoms with Crippen molar-refractivity contribution in [3.05, 3.63) is 29.1 Å². The van der Waals surface area contributed by atoms with Crippen molar-refractivity contribution in [2.45, 2.75) is 11.8 Å². The van der Waals surface area contributed by atoms with Crippen LogP contribution in [-0.4, -0.2) is 50.1 Å². The minimum absolute atomic E-state index is 0.0169. The van der Waals surface area contributed by atoms with E-state index in [9.17, 15) is 17.6 Å². The molecule has 0 bridgehead atoms. The lowest BCUT2D eigenvalue weighted by Gasteiger charge is -2.26. The number of morpholine rings is 1. The lowest BCUT2D eigenvalue weighted by molar-refractivity contribution is 0.0690. The lowest BCUT2D eigenvalue weighted by Crippen LogP contribution is -2.40. The summed E-state index contributed by atoms with van der Waals surface area (Å²) >= 11 is 0. The van der Waals surface area contributed by atoms with Crippen molar-refractivity contribution in [3.8, 4) is 0 Å². The van der Waals surface area contributed by atoms with Crippen LogP contribution in [0.25, 0.3) is 0 Å². The number of nitrogens with zero attached hydrogens (tertiary/aromatic N) is 1. The second kappa shape index (κ2) is 5.47. The van der Waals surface area contributed by atoms with E-state index in [2.05, 4.69) is 0 Å². The maximum atomic E-state index is 13.7. The number of aromatic carboxylic acids is 1. The Kier molecular flexibility index (Phi) is 4.07. The summed E-state index contributed by atoms with van der Waals surface area (Å²) < 4.78 is 44.7. The van der Waals surface area contributed by atoms with Crippen LogP contribution in [0.3, 0.4) is 0 Å². The molecule has 20 heavy (non-hydrogen) atoms. The molecular weight excluding hydrogens is 289 g/mol. The van der Waals surface area contributed by atoms with Gasteiger partial charge in [0.1, 0.15) is 5.82 Å². The zero-order chi connectivity index (χ0) is 14.9. The second-order valence-electron chi connectivity index (χ2n) is 4.42. The first kappa shape index (κ1) is 14.9. The highest BCUT2D eigenvalue weighted by Crippen LogP contribution is 2.23. The van der Waals surface area contributed by atoms with Gasteiger partial charge in [0.25, 0.3) is 0 Å². The van der Waals surface area contributed by atoms with Crippen molar-refractivity contribution in [2.75, 3.05) is 26.3 Å². The van der Waals surface area contributed by atoms with Crippen molar-refractivity contribution in [3.63, 3.8) is 0 Å². The Bertz CT molecular complexity index is 637. The average Bonchev–Trinajstić information content (AvgIpc) is 2.42. The number of carboxylic acids is 1. The molecule has 0 saturated carbocycles. The summed E-state index contributed by atoms with van der Waals surface area (Å²) in [4.78, 5) is 10.7. The normalized spacial score (nSPS) is 17.1. The molecule has 0 amide bonds. The Morgan fingerprint density at radius 1 is 1.35 bits per heavy atom. The Hall–Kier alpha value is -1.51. The molecule has 0 radical (unpaired) electrons. The van der Waals surface area contributed by atoms with Crippen molar-refractivity contribution >= 4 is 16.0 Å². The maximum Gasteiger partial charge on any atom is 0.338 e. The minimum atomic E-state index is -3.83. The number of aryl methyl sites for hydroxylation is 1. The van der Waals surface area contributed by atoms with Crippen LogP contribution >= 0.6 is 0 Å². The van der Waals surface area contributed by atoms with Gasteiger partial charge in [0.05, 0.1) is 23.7 Å². The van der Waals surface area contributed by atoms with Crippen LogP contribution in [0.5, 0.6) is 0 Å². The van der Waals surface area contributed by atoms with Gasteiger partial charge in [-0.3, -0.25) is 0 Å². The highest BCUT2D eigenvalue weighted by atomic mass is 32.2. The van der Waals surface area contributed by atoms with Gasteiger partial charge in [-0.1, -0.05) is 0 Å². The smallest absolute Gasteiger partial charge is 0.338 e. The summed E-state index contributed by atoms with van der Waals surface area (Å²) in [7, 11) is -3.83. The molecular formula is C12H14FNO5S. The number of hydrogen-bond acceptors (Lipinski definition) is 4. The van der Waals surface area contributed by atoms with Crippen LogP contribution in [0.15, 0.2) is 17.0 Å². The fourth-order valence-electron chi connectivity index (χ4n) is 1.98. The molecule has 8 heteroatoms. The molecule has 1 fully saturated rings. The number of carboxylic acid groups (broad SMARTS) is 1. The third kappa shape index (κ3) is 2.67. The van der Waals surface area contributed by atoms with E-state index in [1.54, 1.807) is 0 Å². The molecule has 1 saturated heterocycles. The number of halogens is 1. The summed E-state index contributed by atoms with van der Waals surface area (Å²) in [5, 5.41) is 8.92. The summed E-state index contributed by atoms with van der Waals surface area (Å²) in [5.74, 6) is -2.41. The lowest BCUT2D eigenvalue weighted by atomic mass is 10.1. The molecule has 1 aromatic rings. The number of rotatable bonds is 3. The van der Waals surface area contributed by atoms with Gasteiger partial charge in [-0.2, -0.15) is 4.31 Å². The zero-order valence-electron chi connectivity index (χ0n) is 10.8. The van der Waals surface area contributed by atoms with Crippen LogP contribution < -0.4 is 0 Å². The fourth-order valence-corrected chi connectivity index (χ4v) is 3.50. The first-order valence-electron chi connectivity index (χ1n) is 5.95. The summed E-state index contributed by atoms with van der Waals surface area (Å²) in [6, 6.07) is 2.00. The Labute approximate surface area is 115 Å². The highest BCUT2D eigenvalue weighted by Gasteiger charge is 2.28. The van der Waals surface area contributed by atoms with Gasteiger partial charge >= 0.3 is 5.97 Å². The van der Waals surface area contributed by atoms with Crippen molar-refractivity contribution in [1.82, 2.24) is 4.31 Å². The Morgan fingerprint density at radius 2 is 1.95 bits per heavy atom. The molecule has 0 spiro atoms. The molecule has 1 aliphatic heterocycles. The van der Waals surface area contributed by atoms with Crippen molar-refractivity contribution < 1.29 is 27.4 Å². The van der Waals surface area contributed by atoms with E-state index < -0.39 is 27.4 Å². The topological polar surface area (TPSA) is 83.9 Å². The van der Waals surface area contributed by atoms with E-state index in [0.717, 1.165) is 12.1 Å². The monoisotopic (exact) mass is 303 g/mol. The third-order valence-electron chi connectivity index (χ3n) is 3.07. The second-order valence-corrected chi connectivity index (χ2v) is 6.36. The predicted octanol–water partition coefficient (Wildman–Crippen LogP) is 0.853. The third-order valence-corrected chi connectivity index (χ3v) is 4.94. The number of benzene rings is 1. The van der Waals surface area contributed by atoms with Crippen LogP contribution in [-0.2, 0) is 14.8 Å². The van der Waals surface area contributed by atoms with E-state index in [4.69, 9.17) is 9.84 Å². The van der Waals surface area contributed by atoms with Crippen LogP contribution in [0.2, 0.25) is 0 Å². The Morgan fingerprint density at radius 3 is 2.50 bits per heavy atom. The summed E-state index contributed by atoms with van der Waals surface area (Å²) in [6.07, 6.45) is 0. The standard InChI is InChI=1S/C12H14FNO5S/c1-8-6-9(7-10(11(8)13)12(15)16)20(17,18)14-2-4-19-5-3-14/h6-7H,2-5H2,1H3,(H,15,16). The van der Waals surface area contributed by atoms with Gasteiger partial charge in [-0.05, 0) is 24.6 Å². The van der Waals surface area contributed by atoms with Crippen molar-refractivity contribution in [2.24, 2.45) is 0 Å². The molecule has 0 aliphatic carbocycles. The van der Waals surface area contributed by atoms with Gasteiger partial charge in [-0.15, -0.1) is 0 Å². The fraction of sp³-hybridized carbons (Fsp3) is 0.417. The quantitative estimate of drug-likeness (QED) is 0.895. The first-order valence-corrected chi connectivity index (χ1v) is 7.39. The van der Waals surface area contributed by atoms with E-state index >= 15 is 0 Å². The molecule has 0 aromatic heterocycles. The van der Waals surface area contributed by atoms with Gasteiger partial charge in [-0.25, -0.2) is 17.6 Å². The van der Waals surface area contributed by atoms with Gasteiger partial charge < -0.3 is 9.84 Å². The molecule has 1 heterocycles. The van der Waals surface area contributed by atoms with Crippen LogP contribution in [0, 0.1) is 12.7 Å². The van der Waals surface area contributed by atoms with Crippen LogP contribution in [0.4, 0.5) is 4.39 Å². The zero-order valence-corrected chi connectivity index (χ0v) is 11.6. The van der Waals surface area contributed by atoms with Gasteiger partial charge in [0.2, 0.25) is 10.0 Å². The van der Waals surface area contributed by atoms with Gasteiger partial charge in [0, 0.05) is 13.1 Å². The molecule has 110 valence electrons. The van der Waals surface area contributed by atoms with E-state index in [1.165, 1.54) is 11.2 Å². The maximum absolute atomic E-state index is 13.7. The van der Waals surface area contributed by atoms with E-state index in [1.807, 2.05) is 0 Å². The molecule has 0 unspecified atom stereocenters. The summed E-state index contributed by atoms with van der Waals surface area (Å²) in [5.41, 5.74) is -0.659. The predicted molar refractivity (Wildman–Crippen MR) is 67.7 cm³/mol. The largest absolute Gasteiger partial charge is 0.478 e. The number of carbonyl (C=O) groups is 1. The SMILES string of the molecule is Cc1cc(S(=O)(=O)N2CCOCC2)cc(C(=O)O)c1F. The van der Waals surface area contributed by atoms with E-state index in [0.29, 0.717) is 0 Å². The van der Waals surface area contributed by atoms with E-state index in [-0.39, 0.29) is 36.8 Å². The van der Waals surface area contributed by atoms with Crippen molar-refractivity contribution in [1.29, 1.82) is 0 Å². The Balaban J connectivity index is 2.49. The summed E-state index contributed by atoms with van der Waals surface area (Å²) in [6.45, 7) is 2.29. The average molecular weight is 303 g/mol. The molecule has 1 aromatic carbocycles. The number of sulfonamides is 1. The first-order chi connectivity index (χ1) is 9.34. The number of hydrogen-bond donors (Lipinski definition) is 1. The van der Waals surface area contributed by atoms with Gasteiger partial charge in [0.15, 0.2) is 0 Å². The highest BCUT2D eigenvalue weighted by molar-refractivity contribution is 7.89.